The Morgan fingerprint density at radius 3 is 2.55 bits per heavy atom. The molecule has 1 aliphatic rings. The van der Waals surface area contributed by atoms with Gasteiger partial charge in [0, 0.05) is 47.9 Å². The van der Waals surface area contributed by atoms with Crippen LogP contribution in [0.4, 0.5) is 0 Å². The lowest BCUT2D eigenvalue weighted by Crippen LogP contribution is -2.57. The average Bonchev–Trinajstić information content (AvgIpc) is 3.65. The molecule has 1 aliphatic heterocycles. The van der Waals surface area contributed by atoms with Crippen LogP contribution in [0.25, 0.3) is 27.6 Å². The first-order valence-corrected chi connectivity index (χ1v) is 16.2. The van der Waals surface area contributed by atoms with Crippen molar-refractivity contribution < 1.29 is 49.6 Å². The molecule has 0 spiro atoms. The van der Waals surface area contributed by atoms with E-state index >= 15 is 0 Å². The molecule has 0 saturated heterocycles. The number of H-pyrrole nitrogens is 1. The summed E-state index contributed by atoms with van der Waals surface area (Å²) in [7, 11) is 0. The average molecular weight is 679 g/mol. The monoisotopic (exact) mass is 678 g/mol. The second-order valence-electron chi connectivity index (χ2n) is 13.3. The number of nitrogens with one attached hydrogen (secondary N) is 1. The third-order valence-electron chi connectivity index (χ3n) is 9.30. The lowest BCUT2D eigenvalue weighted by atomic mass is 9.85. The fourth-order valence-corrected chi connectivity index (χ4v) is 6.54. The minimum atomic E-state index is -2.21. The molecule has 6 rings (SSSR count). The van der Waals surface area contributed by atoms with Gasteiger partial charge in [0.25, 0.3) is 0 Å². The molecule has 13 heteroatoms. The zero-order chi connectivity index (χ0) is 35.2. The third-order valence-corrected chi connectivity index (χ3v) is 9.30. The van der Waals surface area contributed by atoms with Crippen LogP contribution in [0.1, 0.15) is 43.4 Å². The van der Waals surface area contributed by atoms with E-state index in [4.69, 9.17) is 18.9 Å². The highest BCUT2D eigenvalue weighted by Crippen LogP contribution is 2.44. The van der Waals surface area contributed by atoms with E-state index in [9.17, 15) is 35.4 Å². The van der Waals surface area contributed by atoms with Gasteiger partial charge in [0.2, 0.25) is 0 Å². The summed E-state index contributed by atoms with van der Waals surface area (Å²) in [4.78, 5) is 28.0. The van der Waals surface area contributed by atoms with E-state index in [1.165, 1.54) is 30.3 Å². The van der Waals surface area contributed by atoms with Gasteiger partial charge in [-0.1, -0.05) is 19.1 Å². The van der Waals surface area contributed by atoms with Crippen LogP contribution in [0.5, 0.6) is 11.5 Å². The summed E-state index contributed by atoms with van der Waals surface area (Å²) in [5.74, 6) is 0.962. The molecule has 7 N–H and O–H groups in total. The highest BCUT2D eigenvalue weighted by molar-refractivity contribution is 5.92. The van der Waals surface area contributed by atoms with E-state index in [-0.39, 0.29) is 24.0 Å². The Morgan fingerprint density at radius 2 is 1.86 bits per heavy atom. The van der Waals surface area contributed by atoms with Crippen molar-refractivity contribution in [2.75, 3.05) is 13.2 Å². The Hall–Kier alpha value is -4.21. The molecule has 0 amide bonds. The molecule has 5 aromatic rings. The number of aliphatic hydroxyl groups excluding tert-OH is 4. The van der Waals surface area contributed by atoms with Gasteiger partial charge in [-0.05, 0) is 57.0 Å². The van der Waals surface area contributed by atoms with Gasteiger partial charge in [0.05, 0.1) is 17.5 Å². The highest BCUT2D eigenvalue weighted by atomic mass is 17.2. The van der Waals surface area contributed by atoms with Crippen molar-refractivity contribution in [1.29, 1.82) is 0 Å². The number of hydrogen-bond acceptors (Lipinski definition) is 11. The first-order chi connectivity index (χ1) is 23.3. The third kappa shape index (κ3) is 6.46. The van der Waals surface area contributed by atoms with Crippen LogP contribution in [-0.4, -0.2) is 89.0 Å². The van der Waals surface area contributed by atoms with Crippen LogP contribution >= 0.6 is 0 Å². The summed E-state index contributed by atoms with van der Waals surface area (Å²) >= 11 is 0. The number of aromatic hydroxyl groups is 1. The maximum absolute atomic E-state index is 13.3. The van der Waals surface area contributed by atoms with Crippen LogP contribution in [0.3, 0.4) is 0 Å². The predicted octanol–water partition coefficient (Wildman–Crippen LogP) is 2.72. The summed E-state index contributed by atoms with van der Waals surface area (Å²) < 4.78 is 14.9. The van der Waals surface area contributed by atoms with Crippen molar-refractivity contribution in [1.82, 2.24) is 9.55 Å². The van der Waals surface area contributed by atoms with Crippen molar-refractivity contribution in [2.45, 2.75) is 82.6 Å². The number of hydrogen-bond donors (Lipinski definition) is 7. The molecule has 0 saturated carbocycles. The first kappa shape index (κ1) is 34.6. The molecule has 5 atom stereocenters. The van der Waals surface area contributed by atoms with Crippen LogP contribution in [0, 0.1) is 6.92 Å². The van der Waals surface area contributed by atoms with Gasteiger partial charge in [-0.25, -0.2) is 9.78 Å². The van der Waals surface area contributed by atoms with E-state index < -0.39 is 48.8 Å². The smallest absolute Gasteiger partial charge is 0.193 e. The molecule has 0 bridgehead atoms. The Labute approximate surface area is 281 Å². The number of ether oxygens (including phenoxy) is 1. The largest absolute Gasteiger partial charge is 0.508 e. The number of rotatable bonds is 12. The van der Waals surface area contributed by atoms with Crippen LogP contribution in [0.15, 0.2) is 64.1 Å². The van der Waals surface area contributed by atoms with Crippen molar-refractivity contribution in [3.63, 3.8) is 0 Å². The predicted molar refractivity (Wildman–Crippen MR) is 179 cm³/mol. The molecule has 0 radical (unpaired) electrons. The molecule has 262 valence electrons. The molecule has 4 heterocycles. The van der Waals surface area contributed by atoms with E-state index in [2.05, 4.69) is 4.98 Å². The van der Waals surface area contributed by atoms with Crippen LogP contribution in [0.2, 0.25) is 0 Å². The minimum Gasteiger partial charge on any atom is -0.508 e. The number of benzene rings is 2. The number of fused-ring (bicyclic) bond motifs is 3. The van der Waals surface area contributed by atoms with Gasteiger partial charge in [-0.3, -0.25) is 4.79 Å². The van der Waals surface area contributed by atoms with Crippen molar-refractivity contribution in [2.24, 2.45) is 0 Å². The van der Waals surface area contributed by atoms with E-state index in [1.54, 1.807) is 13.0 Å². The molecule has 49 heavy (non-hydrogen) atoms. The Balaban J connectivity index is 1.34. The Kier molecular flexibility index (Phi) is 9.37. The second-order valence-corrected chi connectivity index (χ2v) is 13.3. The second kappa shape index (κ2) is 13.2. The molecule has 2 aromatic carbocycles. The molecule has 13 nitrogen and oxygen atoms in total. The number of aliphatic hydroxyl groups is 5. The van der Waals surface area contributed by atoms with Crippen LogP contribution < -0.4 is 10.2 Å². The highest BCUT2D eigenvalue weighted by Gasteiger charge is 2.45. The Bertz CT molecular complexity index is 2010. The van der Waals surface area contributed by atoms with Gasteiger partial charge in [0.15, 0.2) is 16.8 Å². The van der Waals surface area contributed by atoms with E-state index in [0.717, 1.165) is 16.6 Å². The molecular formula is C36H42N2O11. The topological polar surface area (TPSA) is 200 Å². The number of nitrogens with zero attached hydrogens (tertiary/aromatic N) is 1. The number of aryl methyl sites for hydroxylation is 2. The molecule has 3 aromatic heterocycles. The lowest BCUT2D eigenvalue weighted by molar-refractivity contribution is -0.369. The van der Waals surface area contributed by atoms with E-state index in [1.807, 2.05) is 43.8 Å². The van der Waals surface area contributed by atoms with Crippen molar-refractivity contribution >= 4 is 21.9 Å². The first-order valence-electron chi connectivity index (χ1n) is 16.2. The fourth-order valence-electron chi connectivity index (χ4n) is 6.54. The SMILES string of the molecule is CCc1c2cc[nH]c2cn1-c1c2c(cc3c(=O)cc(C)oc13)C[C@@H](OOC[C@@](O)(Cc1ccc(O)cc1)[C@@H](O)[C@H](O)[C@H](O)CO)C(C)(C)O2. The van der Waals surface area contributed by atoms with Gasteiger partial charge in [0.1, 0.15) is 59.4 Å². The quantitative estimate of drug-likeness (QED) is 0.0756. The maximum atomic E-state index is 13.3. The molecule has 0 fully saturated rings. The number of phenols is 1. The van der Waals surface area contributed by atoms with Gasteiger partial charge >= 0.3 is 0 Å². The number of phenolic OH excluding ortho intramolecular Hbond substituents is 1. The van der Waals surface area contributed by atoms with Crippen molar-refractivity contribution in [3.8, 4) is 17.2 Å². The normalized spacial score (nSPS) is 18.9. The van der Waals surface area contributed by atoms with Gasteiger partial charge in [-0.15, -0.1) is 0 Å². The summed E-state index contributed by atoms with van der Waals surface area (Å²) in [5, 5.41) is 63.5. The minimum absolute atomic E-state index is 0.00730. The summed E-state index contributed by atoms with van der Waals surface area (Å²) in [6, 6.07) is 11.0. The lowest BCUT2D eigenvalue weighted by Gasteiger charge is -2.41. The molecule has 0 aliphatic carbocycles. The zero-order valence-electron chi connectivity index (χ0n) is 27.7. The summed E-state index contributed by atoms with van der Waals surface area (Å²) in [5.41, 5.74) is 0.577. The standard InChI is InChI=1S/C36H42N2O11/c1-5-26-23-10-11-37-25(23)16-38(26)30-32-21(13-24-27(41)12-19(2)47-33(24)30)14-29(35(3,4)48-32)49-46-18-36(45,34(44)31(43)28(42)17-39)15-20-6-8-22(40)9-7-20/h6-13,16,28-29,31,34,37,39-40,42-45H,5,14-15,17-18H2,1-4H3/t28-,29-,31-,34+,36+/m1/s1. The molecular weight excluding hydrogens is 636 g/mol. The maximum Gasteiger partial charge on any atom is 0.193 e. The summed E-state index contributed by atoms with van der Waals surface area (Å²) in [6.07, 6.45) is -1.94. The zero-order valence-corrected chi connectivity index (χ0v) is 27.7. The van der Waals surface area contributed by atoms with Gasteiger partial charge < -0.3 is 49.3 Å². The van der Waals surface area contributed by atoms with Gasteiger partial charge in [-0.2, -0.15) is 0 Å². The molecule has 0 unspecified atom stereocenters. The van der Waals surface area contributed by atoms with Crippen molar-refractivity contribution in [3.05, 3.63) is 87.7 Å². The van der Waals surface area contributed by atoms with Crippen LogP contribution in [-0.2, 0) is 29.0 Å². The Morgan fingerprint density at radius 1 is 1.12 bits per heavy atom. The summed E-state index contributed by atoms with van der Waals surface area (Å²) in [6.45, 7) is 5.87. The number of aromatic amines is 1. The fraction of sp³-hybridized carbons (Fsp3) is 0.417. The van der Waals surface area contributed by atoms with E-state index in [0.29, 0.717) is 45.7 Å². The number of aromatic nitrogens is 2.